The van der Waals surface area contributed by atoms with E-state index in [1.54, 1.807) is 0 Å². The van der Waals surface area contributed by atoms with Crippen molar-refractivity contribution in [2.45, 2.75) is 71.4 Å². The lowest BCUT2D eigenvalue weighted by Crippen LogP contribution is -2.50. The zero-order chi connectivity index (χ0) is 25.0. The molecule has 0 bridgehead atoms. The Hall–Kier alpha value is -2.66. The quantitative estimate of drug-likeness (QED) is 0.378. The third-order valence-corrected chi connectivity index (χ3v) is 7.02. The van der Waals surface area contributed by atoms with Gasteiger partial charge in [0.2, 0.25) is 11.8 Å². The van der Waals surface area contributed by atoms with Crippen LogP contribution in [-0.4, -0.2) is 65.3 Å². The fraction of sp³-hybridized carbons (Fsp3) is 0.533. The van der Waals surface area contributed by atoms with Gasteiger partial charge in [-0.25, -0.2) is 0 Å². The molecule has 1 fully saturated rings. The van der Waals surface area contributed by atoms with Gasteiger partial charge in [-0.1, -0.05) is 86.8 Å². The number of benzene rings is 2. The topological polar surface area (TPSA) is 43.9 Å². The van der Waals surface area contributed by atoms with Crippen molar-refractivity contribution in [2.75, 3.05) is 32.7 Å². The molecule has 1 heterocycles. The van der Waals surface area contributed by atoms with Crippen LogP contribution in [-0.2, 0) is 9.59 Å². The van der Waals surface area contributed by atoms with Gasteiger partial charge in [-0.3, -0.25) is 14.5 Å². The average Bonchev–Trinajstić information content (AvgIpc) is 2.88. The normalized spacial score (nSPS) is 14.5. The second-order valence-corrected chi connectivity index (χ2v) is 9.88. The lowest BCUT2D eigenvalue weighted by Gasteiger charge is -2.40. The van der Waals surface area contributed by atoms with Gasteiger partial charge >= 0.3 is 0 Å². The van der Waals surface area contributed by atoms with Crippen LogP contribution in [0.5, 0.6) is 0 Å². The molecule has 1 saturated heterocycles. The highest BCUT2D eigenvalue weighted by Crippen LogP contribution is 2.29. The van der Waals surface area contributed by atoms with Crippen molar-refractivity contribution in [3.8, 4) is 0 Å². The summed E-state index contributed by atoms with van der Waals surface area (Å²) in [6.45, 7) is 9.90. The van der Waals surface area contributed by atoms with E-state index in [0.29, 0.717) is 19.4 Å². The van der Waals surface area contributed by atoms with Crippen molar-refractivity contribution in [1.82, 2.24) is 14.7 Å². The van der Waals surface area contributed by atoms with Gasteiger partial charge in [0.1, 0.15) is 0 Å². The number of nitrogens with zero attached hydrogens (tertiary/aromatic N) is 3. The van der Waals surface area contributed by atoms with E-state index in [1.807, 2.05) is 23.6 Å². The Morgan fingerprint density at radius 3 is 1.89 bits per heavy atom. The minimum absolute atomic E-state index is 0.121. The van der Waals surface area contributed by atoms with Crippen LogP contribution in [0.15, 0.2) is 60.7 Å². The first kappa shape index (κ1) is 26.9. The van der Waals surface area contributed by atoms with Crippen molar-refractivity contribution in [2.24, 2.45) is 0 Å². The summed E-state index contributed by atoms with van der Waals surface area (Å²) in [5.41, 5.74) is 2.56. The van der Waals surface area contributed by atoms with Crippen LogP contribution < -0.4 is 0 Å². The van der Waals surface area contributed by atoms with Crippen LogP contribution >= 0.6 is 0 Å². The van der Waals surface area contributed by atoms with E-state index in [2.05, 4.69) is 72.5 Å². The number of carbonyl (C=O) groups excluding carboxylic acids is 2. The maximum absolute atomic E-state index is 13.0. The number of piperazine rings is 1. The Morgan fingerprint density at radius 1 is 0.800 bits per heavy atom. The van der Waals surface area contributed by atoms with E-state index in [-0.39, 0.29) is 23.9 Å². The number of hydrogen-bond acceptors (Lipinski definition) is 3. The molecular formula is C30H43N3O2. The van der Waals surface area contributed by atoms with E-state index in [9.17, 15) is 9.59 Å². The molecule has 0 spiro atoms. The van der Waals surface area contributed by atoms with E-state index in [0.717, 1.165) is 39.0 Å². The van der Waals surface area contributed by atoms with Gasteiger partial charge in [0.15, 0.2) is 0 Å². The van der Waals surface area contributed by atoms with Gasteiger partial charge in [-0.2, -0.15) is 0 Å². The van der Waals surface area contributed by atoms with Crippen molar-refractivity contribution in [3.05, 3.63) is 71.8 Å². The largest absolute Gasteiger partial charge is 0.340 e. The molecule has 5 heteroatoms. The number of amides is 2. The third kappa shape index (κ3) is 7.93. The summed E-state index contributed by atoms with van der Waals surface area (Å²) < 4.78 is 0. The monoisotopic (exact) mass is 477 g/mol. The zero-order valence-electron chi connectivity index (χ0n) is 21.9. The SMILES string of the molecule is CCCCCCC(=O)N(CCC(=O)N1CCN(C(c2ccccc2)c2ccccc2)CC1)C(C)C. The molecule has 0 atom stereocenters. The molecule has 35 heavy (non-hydrogen) atoms. The number of carbonyl (C=O) groups is 2. The summed E-state index contributed by atoms with van der Waals surface area (Å²) in [6, 6.07) is 21.6. The molecular weight excluding hydrogens is 434 g/mol. The molecule has 2 aromatic carbocycles. The van der Waals surface area contributed by atoms with Gasteiger partial charge in [0.05, 0.1) is 6.04 Å². The van der Waals surface area contributed by atoms with E-state index in [1.165, 1.54) is 24.0 Å². The maximum atomic E-state index is 13.0. The molecule has 0 aromatic heterocycles. The molecule has 190 valence electrons. The first-order chi connectivity index (χ1) is 17.0. The number of hydrogen-bond donors (Lipinski definition) is 0. The van der Waals surface area contributed by atoms with Crippen LogP contribution in [0.2, 0.25) is 0 Å². The third-order valence-electron chi connectivity index (χ3n) is 7.02. The molecule has 1 aliphatic heterocycles. The summed E-state index contributed by atoms with van der Waals surface area (Å²) in [6.07, 6.45) is 5.38. The molecule has 0 aliphatic carbocycles. The minimum atomic E-state index is 0.121. The summed E-state index contributed by atoms with van der Waals surface area (Å²) in [5, 5.41) is 0. The molecule has 1 aliphatic rings. The second kappa shape index (κ2) is 14.0. The lowest BCUT2D eigenvalue weighted by atomic mass is 9.96. The standard InChI is InChI=1S/C30H43N3O2/c1-4-5-6-13-18-29(35)33(25(2)3)20-19-28(34)31-21-23-32(24-22-31)30(26-14-9-7-10-15-26)27-16-11-8-12-17-27/h7-12,14-17,25,30H,4-6,13,18-24H2,1-3H3. The van der Waals surface area contributed by atoms with Gasteiger partial charge in [0.25, 0.3) is 0 Å². The number of rotatable bonds is 12. The smallest absolute Gasteiger partial charge is 0.224 e. The Morgan fingerprint density at radius 2 is 1.37 bits per heavy atom. The summed E-state index contributed by atoms with van der Waals surface area (Å²) in [4.78, 5) is 32.1. The predicted octanol–water partition coefficient (Wildman–Crippen LogP) is 5.52. The highest BCUT2D eigenvalue weighted by Gasteiger charge is 2.28. The van der Waals surface area contributed by atoms with E-state index in [4.69, 9.17) is 0 Å². The van der Waals surface area contributed by atoms with Gasteiger partial charge in [0, 0.05) is 51.6 Å². The van der Waals surface area contributed by atoms with Gasteiger partial charge in [-0.15, -0.1) is 0 Å². The van der Waals surface area contributed by atoms with Gasteiger partial charge in [-0.05, 0) is 31.4 Å². The van der Waals surface area contributed by atoms with E-state index >= 15 is 0 Å². The Bertz CT molecular complexity index is 853. The first-order valence-corrected chi connectivity index (χ1v) is 13.4. The van der Waals surface area contributed by atoms with Crippen LogP contribution in [0, 0.1) is 0 Å². The molecule has 0 unspecified atom stereocenters. The average molecular weight is 478 g/mol. The highest BCUT2D eigenvalue weighted by atomic mass is 16.2. The predicted molar refractivity (Wildman–Crippen MR) is 143 cm³/mol. The second-order valence-electron chi connectivity index (χ2n) is 9.88. The fourth-order valence-corrected chi connectivity index (χ4v) is 5.01. The Kier molecular flexibility index (Phi) is 10.8. The van der Waals surface area contributed by atoms with Gasteiger partial charge < -0.3 is 9.80 Å². The Labute approximate surface area is 212 Å². The summed E-state index contributed by atoms with van der Waals surface area (Å²) >= 11 is 0. The minimum Gasteiger partial charge on any atom is -0.340 e. The molecule has 0 saturated carbocycles. The van der Waals surface area contributed by atoms with Crippen LogP contribution in [0.4, 0.5) is 0 Å². The van der Waals surface area contributed by atoms with Crippen LogP contribution in [0.1, 0.15) is 76.5 Å². The molecule has 5 nitrogen and oxygen atoms in total. The molecule has 0 radical (unpaired) electrons. The Balaban J connectivity index is 1.54. The fourth-order valence-electron chi connectivity index (χ4n) is 5.01. The molecule has 0 N–H and O–H groups in total. The molecule has 2 aromatic rings. The molecule has 3 rings (SSSR count). The summed E-state index contributed by atoms with van der Waals surface area (Å²) in [5.74, 6) is 0.340. The van der Waals surface area contributed by atoms with Crippen molar-refractivity contribution in [1.29, 1.82) is 0 Å². The summed E-state index contributed by atoms with van der Waals surface area (Å²) in [7, 11) is 0. The van der Waals surface area contributed by atoms with Crippen molar-refractivity contribution in [3.63, 3.8) is 0 Å². The van der Waals surface area contributed by atoms with E-state index < -0.39 is 0 Å². The van der Waals surface area contributed by atoms with Crippen molar-refractivity contribution < 1.29 is 9.59 Å². The zero-order valence-corrected chi connectivity index (χ0v) is 21.9. The van der Waals surface area contributed by atoms with Crippen LogP contribution in [0.25, 0.3) is 0 Å². The molecule has 2 amide bonds. The number of unbranched alkanes of at least 4 members (excludes halogenated alkanes) is 3. The first-order valence-electron chi connectivity index (χ1n) is 13.4. The maximum Gasteiger partial charge on any atom is 0.224 e. The highest BCUT2D eigenvalue weighted by molar-refractivity contribution is 5.79. The lowest BCUT2D eigenvalue weighted by molar-refractivity contribution is -0.136. The van der Waals surface area contributed by atoms with Crippen molar-refractivity contribution >= 4 is 11.8 Å². The van der Waals surface area contributed by atoms with Crippen LogP contribution in [0.3, 0.4) is 0 Å².